The number of aliphatic hydroxyl groups is 1. The molecule has 7 heteroatoms. The van der Waals surface area contributed by atoms with Crippen LogP contribution in [0.1, 0.15) is 48.0 Å². The molecule has 2 aromatic carbocycles. The average Bonchev–Trinajstić information content (AvgIpc) is 3.38. The first-order valence-electron chi connectivity index (χ1n) is 10.2. The molecule has 4 rings (SSSR count). The van der Waals surface area contributed by atoms with E-state index in [2.05, 4.69) is 16.4 Å². The highest BCUT2D eigenvalue weighted by atomic mass is 32.1. The van der Waals surface area contributed by atoms with E-state index in [-0.39, 0.29) is 18.7 Å². The Bertz CT molecular complexity index is 1030. The van der Waals surface area contributed by atoms with Gasteiger partial charge in [0, 0.05) is 13.2 Å². The van der Waals surface area contributed by atoms with E-state index in [1.807, 2.05) is 49.4 Å². The predicted molar refractivity (Wildman–Crippen MR) is 117 cm³/mol. The standard InChI is InChI=1S/C23H25N3O3S/c1-15(22-25-18-9-4-5-10-20(18)30-22)24-21(28)23(29)26(13-6-14-27)19-12-11-16-7-2-3-8-17(16)19/h2-5,7-10,15,19,27H,6,11-14H2,1H3,(H,24,28). The minimum absolute atomic E-state index is 0.0259. The van der Waals surface area contributed by atoms with Crippen molar-refractivity contribution in [2.24, 2.45) is 0 Å². The molecule has 0 aliphatic heterocycles. The summed E-state index contributed by atoms with van der Waals surface area (Å²) in [6.07, 6.45) is 2.11. The summed E-state index contributed by atoms with van der Waals surface area (Å²) >= 11 is 1.51. The smallest absolute Gasteiger partial charge is 0.312 e. The van der Waals surface area contributed by atoms with E-state index in [1.54, 1.807) is 4.90 Å². The molecular formula is C23H25N3O3S. The number of aromatic nitrogens is 1. The third-order valence-electron chi connectivity index (χ3n) is 5.52. The molecule has 0 saturated heterocycles. The number of aryl methyl sites for hydroxylation is 1. The lowest BCUT2D eigenvalue weighted by atomic mass is 10.1. The summed E-state index contributed by atoms with van der Waals surface area (Å²) in [4.78, 5) is 32.1. The topological polar surface area (TPSA) is 82.5 Å². The minimum Gasteiger partial charge on any atom is -0.396 e. The van der Waals surface area contributed by atoms with Crippen molar-refractivity contribution in [1.82, 2.24) is 15.2 Å². The van der Waals surface area contributed by atoms with E-state index in [0.29, 0.717) is 13.0 Å². The van der Waals surface area contributed by atoms with Gasteiger partial charge in [-0.25, -0.2) is 4.98 Å². The van der Waals surface area contributed by atoms with Crippen LogP contribution >= 0.6 is 11.3 Å². The van der Waals surface area contributed by atoms with Crippen molar-refractivity contribution in [2.75, 3.05) is 13.2 Å². The molecule has 156 valence electrons. The Kier molecular flexibility index (Phi) is 6.11. The highest BCUT2D eigenvalue weighted by molar-refractivity contribution is 7.18. The van der Waals surface area contributed by atoms with Gasteiger partial charge >= 0.3 is 11.8 Å². The number of thiazole rings is 1. The van der Waals surface area contributed by atoms with Crippen LogP contribution in [0.5, 0.6) is 0 Å². The highest BCUT2D eigenvalue weighted by Crippen LogP contribution is 2.36. The van der Waals surface area contributed by atoms with Gasteiger partial charge in [0.05, 0.1) is 22.3 Å². The SMILES string of the molecule is CC(NC(=O)C(=O)N(CCCO)C1CCc2ccccc21)c1nc2ccccc2s1. The highest BCUT2D eigenvalue weighted by Gasteiger charge is 2.34. The Morgan fingerprint density at radius 2 is 2.00 bits per heavy atom. The first kappa shape index (κ1) is 20.5. The van der Waals surface area contributed by atoms with Crippen LogP contribution in [0, 0.1) is 0 Å². The number of amides is 2. The number of hydrogen-bond donors (Lipinski definition) is 2. The second kappa shape index (κ2) is 8.93. The largest absolute Gasteiger partial charge is 0.396 e. The first-order chi connectivity index (χ1) is 14.6. The summed E-state index contributed by atoms with van der Waals surface area (Å²) in [6, 6.07) is 15.3. The molecule has 30 heavy (non-hydrogen) atoms. The molecule has 6 nitrogen and oxygen atoms in total. The molecule has 2 atom stereocenters. The Morgan fingerprint density at radius 1 is 1.23 bits per heavy atom. The number of aliphatic hydroxyl groups excluding tert-OH is 1. The normalized spacial score (nSPS) is 16.3. The minimum atomic E-state index is -0.635. The van der Waals surface area contributed by atoms with Crippen LogP contribution in [0.3, 0.4) is 0 Å². The van der Waals surface area contributed by atoms with Gasteiger partial charge in [0.15, 0.2) is 0 Å². The maximum atomic E-state index is 13.1. The third kappa shape index (κ3) is 4.08. The van der Waals surface area contributed by atoms with Crippen LogP contribution < -0.4 is 5.32 Å². The van der Waals surface area contributed by atoms with E-state index < -0.39 is 11.8 Å². The fraction of sp³-hybridized carbons (Fsp3) is 0.348. The number of para-hydroxylation sites is 1. The Balaban J connectivity index is 1.50. The summed E-state index contributed by atoms with van der Waals surface area (Å²) < 4.78 is 1.05. The van der Waals surface area contributed by atoms with Crippen molar-refractivity contribution in [3.8, 4) is 0 Å². The fourth-order valence-corrected chi connectivity index (χ4v) is 4.99. The maximum absolute atomic E-state index is 13.1. The molecule has 1 aliphatic carbocycles. The van der Waals surface area contributed by atoms with Crippen molar-refractivity contribution in [1.29, 1.82) is 0 Å². The van der Waals surface area contributed by atoms with Crippen molar-refractivity contribution in [2.45, 2.75) is 38.3 Å². The number of nitrogens with one attached hydrogen (secondary N) is 1. The predicted octanol–water partition coefficient (Wildman–Crippen LogP) is 3.37. The van der Waals surface area contributed by atoms with Gasteiger partial charge in [-0.2, -0.15) is 0 Å². The number of fused-ring (bicyclic) bond motifs is 2. The summed E-state index contributed by atoms with van der Waals surface area (Å²) in [6.45, 7) is 2.16. The Morgan fingerprint density at radius 3 is 2.80 bits per heavy atom. The van der Waals surface area contributed by atoms with Crippen molar-refractivity contribution in [3.05, 3.63) is 64.7 Å². The van der Waals surface area contributed by atoms with Gasteiger partial charge in [-0.15, -0.1) is 11.3 Å². The van der Waals surface area contributed by atoms with Crippen LogP contribution in [-0.4, -0.2) is 40.0 Å². The lowest BCUT2D eigenvalue weighted by Crippen LogP contribution is -2.45. The van der Waals surface area contributed by atoms with Gasteiger partial charge in [0.25, 0.3) is 0 Å². The van der Waals surface area contributed by atoms with Crippen LogP contribution in [0.25, 0.3) is 10.2 Å². The molecule has 1 aliphatic rings. The zero-order chi connectivity index (χ0) is 21.1. The van der Waals surface area contributed by atoms with Gasteiger partial charge in [0.2, 0.25) is 0 Å². The molecule has 3 aromatic rings. The maximum Gasteiger partial charge on any atom is 0.312 e. The summed E-state index contributed by atoms with van der Waals surface area (Å²) in [5, 5.41) is 12.9. The second-order valence-corrected chi connectivity index (χ2v) is 8.61. The molecule has 2 amide bonds. The lowest BCUT2D eigenvalue weighted by Gasteiger charge is -2.29. The number of benzene rings is 2. The van der Waals surface area contributed by atoms with Crippen LogP contribution in [0.2, 0.25) is 0 Å². The molecule has 1 aromatic heterocycles. The zero-order valence-electron chi connectivity index (χ0n) is 16.9. The Hall–Kier alpha value is -2.77. The number of carbonyl (C=O) groups is 2. The second-order valence-electron chi connectivity index (χ2n) is 7.54. The van der Waals surface area contributed by atoms with E-state index >= 15 is 0 Å². The van der Waals surface area contributed by atoms with Gasteiger partial charge < -0.3 is 15.3 Å². The van der Waals surface area contributed by atoms with Crippen molar-refractivity contribution < 1.29 is 14.7 Å². The molecule has 2 unspecified atom stereocenters. The lowest BCUT2D eigenvalue weighted by molar-refractivity contribution is -0.148. The van der Waals surface area contributed by atoms with Gasteiger partial charge in [-0.3, -0.25) is 9.59 Å². The number of carbonyl (C=O) groups excluding carboxylic acids is 2. The van der Waals surface area contributed by atoms with E-state index in [4.69, 9.17) is 0 Å². The monoisotopic (exact) mass is 423 g/mol. The third-order valence-corrected chi connectivity index (χ3v) is 6.74. The van der Waals surface area contributed by atoms with Crippen molar-refractivity contribution >= 4 is 33.4 Å². The van der Waals surface area contributed by atoms with Gasteiger partial charge in [-0.05, 0) is 49.4 Å². The fourth-order valence-electron chi connectivity index (χ4n) is 4.02. The van der Waals surface area contributed by atoms with Gasteiger partial charge in [0.1, 0.15) is 5.01 Å². The van der Waals surface area contributed by atoms with Crippen LogP contribution in [0.15, 0.2) is 48.5 Å². The Labute approximate surface area is 179 Å². The quantitative estimate of drug-likeness (QED) is 0.596. The van der Waals surface area contributed by atoms with E-state index in [9.17, 15) is 14.7 Å². The molecule has 0 saturated carbocycles. The molecule has 1 heterocycles. The van der Waals surface area contributed by atoms with E-state index in [1.165, 1.54) is 16.9 Å². The summed E-state index contributed by atoms with van der Waals surface area (Å²) in [5.41, 5.74) is 3.19. The average molecular weight is 424 g/mol. The summed E-state index contributed by atoms with van der Waals surface area (Å²) in [7, 11) is 0. The number of hydrogen-bond acceptors (Lipinski definition) is 5. The first-order valence-corrected chi connectivity index (χ1v) is 11.1. The number of nitrogens with zero attached hydrogens (tertiary/aromatic N) is 2. The molecule has 0 bridgehead atoms. The molecule has 0 fully saturated rings. The zero-order valence-corrected chi connectivity index (χ0v) is 17.7. The van der Waals surface area contributed by atoms with Crippen LogP contribution in [0.4, 0.5) is 0 Å². The molecule has 2 N–H and O–H groups in total. The van der Waals surface area contributed by atoms with Gasteiger partial charge in [-0.1, -0.05) is 36.4 Å². The molecule has 0 radical (unpaired) electrons. The number of rotatable bonds is 6. The van der Waals surface area contributed by atoms with E-state index in [0.717, 1.165) is 33.6 Å². The summed E-state index contributed by atoms with van der Waals surface area (Å²) in [5.74, 6) is -1.19. The van der Waals surface area contributed by atoms with Crippen molar-refractivity contribution in [3.63, 3.8) is 0 Å². The molecular weight excluding hydrogens is 398 g/mol. The van der Waals surface area contributed by atoms with Crippen LogP contribution in [-0.2, 0) is 16.0 Å². The molecule has 0 spiro atoms.